The zero-order chi connectivity index (χ0) is 29.5. The second kappa shape index (κ2) is 10.5. The molecule has 2 aliphatic rings. The SMILES string of the molecule is O=C(c1cc(-c2ccncc2)n(-c2ccc(F)cc2)n1)N1CCC2(CC1)C(=O)NCN2c1ccc(OC(F)(F)F)cc1. The van der Waals surface area contributed by atoms with E-state index in [1.807, 2.05) is 4.90 Å². The Morgan fingerprint density at radius 1 is 0.929 bits per heavy atom. The minimum Gasteiger partial charge on any atom is -0.406 e. The first-order valence-corrected chi connectivity index (χ1v) is 13.1. The Morgan fingerprint density at radius 2 is 1.57 bits per heavy atom. The van der Waals surface area contributed by atoms with Crippen LogP contribution < -0.4 is 15.0 Å². The molecule has 1 spiro atoms. The number of carbonyl (C=O) groups excluding carboxylic acids is 2. The molecule has 9 nitrogen and oxygen atoms in total. The van der Waals surface area contributed by atoms with Crippen molar-refractivity contribution in [2.75, 3.05) is 24.7 Å². The monoisotopic (exact) mass is 580 g/mol. The minimum absolute atomic E-state index is 0.184. The molecule has 2 aliphatic heterocycles. The van der Waals surface area contributed by atoms with Crippen LogP contribution in [-0.4, -0.2) is 63.1 Å². The first-order chi connectivity index (χ1) is 20.1. The highest BCUT2D eigenvalue weighted by Crippen LogP contribution is 2.38. The molecular weight excluding hydrogens is 556 g/mol. The summed E-state index contributed by atoms with van der Waals surface area (Å²) in [4.78, 5) is 34.2. The number of likely N-dealkylation sites (tertiary alicyclic amines) is 1. The second-order valence-electron chi connectivity index (χ2n) is 10.00. The highest BCUT2D eigenvalue weighted by Gasteiger charge is 2.51. The Labute approximate surface area is 237 Å². The van der Waals surface area contributed by atoms with Crippen molar-refractivity contribution in [3.05, 3.63) is 90.6 Å². The fraction of sp³-hybridized carbons (Fsp3) is 0.241. The molecule has 0 aliphatic carbocycles. The molecule has 0 saturated carbocycles. The number of carbonyl (C=O) groups is 2. The summed E-state index contributed by atoms with van der Waals surface area (Å²) < 4.78 is 56.8. The van der Waals surface area contributed by atoms with E-state index < -0.39 is 17.7 Å². The van der Waals surface area contributed by atoms with Crippen molar-refractivity contribution >= 4 is 17.5 Å². The summed E-state index contributed by atoms with van der Waals surface area (Å²) in [7, 11) is 0. The lowest BCUT2D eigenvalue weighted by molar-refractivity contribution is -0.274. The number of anilines is 1. The number of nitrogens with one attached hydrogen (secondary N) is 1. The molecule has 1 N–H and O–H groups in total. The number of nitrogens with zero attached hydrogens (tertiary/aromatic N) is 5. The van der Waals surface area contributed by atoms with Gasteiger partial charge in [-0.1, -0.05) is 0 Å². The fourth-order valence-corrected chi connectivity index (χ4v) is 5.49. The molecular formula is C29H24F4N6O3. The van der Waals surface area contributed by atoms with E-state index in [1.165, 1.54) is 36.4 Å². The smallest absolute Gasteiger partial charge is 0.406 e. The molecule has 6 rings (SSSR count). The summed E-state index contributed by atoms with van der Waals surface area (Å²) >= 11 is 0. The Hall–Kier alpha value is -4.94. The van der Waals surface area contributed by atoms with E-state index in [2.05, 4.69) is 20.1 Å². The molecule has 0 atom stereocenters. The third kappa shape index (κ3) is 5.13. The molecule has 2 fully saturated rings. The van der Waals surface area contributed by atoms with Gasteiger partial charge in [0.1, 0.15) is 17.1 Å². The summed E-state index contributed by atoms with van der Waals surface area (Å²) in [5.74, 6) is -1.28. The summed E-state index contributed by atoms with van der Waals surface area (Å²) in [6.07, 6.45) is -0.944. The Bertz CT molecular complexity index is 1600. The average molecular weight is 581 g/mol. The zero-order valence-electron chi connectivity index (χ0n) is 22.0. The summed E-state index contributed by atoms with van der Waals surface area (Å²) in [6.45, 7) is 0.696. The van der Waals surface area contributed by atoms with Gasteiger partial charge in [-0.3, -0.25) is 14.6 Å². The van der Waals surface area contributed by atoms with Gasteiger partial charge in [0.2, 0.25) is 5.91 Å². The van der Waals surface area contributed by atoms with Gasteiger partial charge in [0, 0.05) is 36.7 Å². The largest absolute Gasteiger partial charge is 0.573 e. The third-order valence-corrected chi connectivity index (χ3v) is 7.57. The van der Waals surface area contributed by atoms with Crippen LogP contribution in [0.5, 0.6) is 5.75 Å². The van der Waals surface area contributed by atoms with Crippen molar-refractivity contribution in [1.82, 2.24) is 25.0 Å². The molecule has 2 aromatic carbocycles. The fourth-order valence-electron chi connectivity index (χ4n) is 5.49. The topological polar surface area (TPSA) is 92.6 Å². The number of alkyl halides is 3. The third-order valence-electron chi connectivity index (χ3n) is 7.57. The lowest BCUT2D eigenvalue weighted by atomic mass is 9.85. The number of benzene rings is 2. The van der Waals surface area contributed by atoms with Crippen molar-refractivity contribution in [3.63, 3.8) is 0 Å². The Balaban J connectivity index is 1.22. The standard InChI is InChI=1S/C29H24F4N6O3/c30-20-1-3-22(4-2-20)39-25(19-9-13-34-14-10-19)17-24(36-39)26(40)37-15-11-28(12-16-37)27(41)35-18-38(28)21-5-7-23(8-6-21)42-29(31,32)33/h1-10,13-14,17H,11-12,15-16,18H2,(H,35,41). The van der Waals surface area contributed by atoms with Gasteiger partial charge in [-0.05, 0) is 79.6 Å². The highest BCUT2D eigenvalue weighted by atomic mass is 19.4. The molecule has 0 bridgehead atoms. The maximum Gasteiger partial charge on any atom is 0.573 e. The van der Waals surface area contributed by atoms with E-state index >= 15 is 0 Å². The number of amides is 2. The lowest BCUT2D eigenvalue weighted by Crippen LogP contribution is -2.57. The Morgan fingerprint density at radius 3 is 2.21 bits per heavy atom. The van der Waals surface area contributed by atoms with Crippen molar-refractivity contribution in [3.8, 4) is 22.7 Å². The predicted molar refractivity (Wildman–Crippen MR) is 143 cm³/mol. The van der Waals surface area contributed by atoms with Gasteiger partial charge in [-0.2, -0.15) is 5.10 Å². The summed E-state index contributed by atoms with van der Waals surface area (Å²) in [6, 6.07) is 16.4. The van der Waals surface area contributed by atoms with E-state index in [0.29, 0.717) is 29.9 Å². The molecule has 2 aromatic heterocycles. The van der Waals surface area contributed by atoms with Crippen LogP contribution >= 0.6 is 0 Å². The van der Waals surface area contributed by atoms with Crippen LogP contribution in [0.3, 0.4) is 0 Å². The first-order valence-electron chi connectivity index (χ1n) is 13.1. The van der Waals surface area contributed by atoms with Gasteiger partial charge in [0.25, 0.3) is 5.91 Å². The molecule has 4 heterocycles. The number of ether oxygens (including phenoxy) is 1. The molecule has 0 unspecified atom stereocenters. The van der Waals surface area contributed by atoms with E-state index in [4.69, 9.17) is 0 Å². The van der Waals surface area contributed by atoms with Gasteiger partial charge in [0.05, 0.1) is 18.1 Å². The molecule has 4 aromatic rings. The van der Waals surface area contributed by atoms with Crippen LogP contribution in [-0.2, 0) is 4.79 Å². The molecule has 0 radical (unpaired) electrons. The molecule has 2 amide bonds. The van der Waals surface area contributed by atoms with Crippen LogP contribution in [0.2, 0.25) is 0 Å². The zero-order valence-corrected chi connectivity index (χ0v) is 22.0. The second-order valence-corrected chi connectivity index (χ2v) is 10.00. The number of piperidine rings is 1. The van der Waals surface area contributed by atoms with Crippen molar-refractivity contribution in [2.45, 2.75) is 24.7 Å². The van der Waals surface area contributed by atoms with Gasteiger partial charge in [-0.15, -0.1) is 13.2 Å². The molecule has 13 heteroatoms. The Kier molecular flexibility index (Phi) is 6.79. The van der Waals surface area contributed by atoms with Gasteiger partial charge < -0.3 is 19.9 Å². The highest BCUT2D eigenvalue weighted by molar-refractivity contribution is 5.96. The van der Waals surface area contributed by atoms with Crippen LogP contribution in [0.15, 0.2) is 79.1 Å². The normalized spacial score (nSPS) is 16.5. The average Bonchev–Trinajstić information content (AvgIpc) is 3.56. The van der Waals surface area contributed by atoms with Gasteiger partial charge >= 0.3 is 6.36 Å². The van der Waals surface area contributed by atoms with Crippen molar-refractivity contribution in [1.29, 1.82) is 0 Å². The van der Waals surface area contributed by atoms with Gasteiger partial charge in [-0.25, -0.2) is 9.07 Å². The number of halogens is 4. The van der Waals surface area contributed by atoms with Crippen molar-refractivity contribution < 1.29 is 31.9 Å². The van der Waals surface area contributed by atoms with E-state index in [-0.39, 0.29) is 43.0 Å². The van der Waals surface area contributed by atoms with Crippen molar-refractivity contribution in [2.24, 2.45) is 0 Å². The summed E-state index contributed by atoms with van der Waals surface area (Å²) in [5, 5.41) is 7.40. The maximum atomic E-state index is 13.6. The maximum absolute atomic E-state index is 13.6. The predicted octanol–water partition coefficient (Wildman–Crippen LogP) is 4.54. The van der Waals surface area contributed by atoms with Gasteiger partial charge in [0.15, 0.2) is 5.69 Å². The first kappa shape index (κ1) is 27.2. The van der Waals surface area contributed by atoms with Crippen LogP contribution in [0, 0.1) is 5.82 Å². The number of hydrogen-bond acceptors (Lipinski definition) is 6. The number of aromatic nitrogens is 3. The van der Waals surface area contributed by atoms with Crippen LogP contribution in [0.4, 0.5) is 23.2 Å². The number of pyridine rings is 1. The molecule has 2 saturated heterocycles. The van der Waals surface area contributed by atoms with E-state index in [0.717, 1.165) is 5.56 Å². The molecule has 42 heavy (non-hydrogen) atoms. The molecule has 216 valence electrons. The summed E-state index contributed by atoms with van der Waals surface area (Å²) in [5.41, 5.74) is 1.75. The quantitative estimate of drug-likeness (QED) is 0.349. The van der Waals surface area contributed by atoms with E-state index in [9.17, 15) is 27.2 Å². The lowest BCUT2D eigenvalue weighted by Gasteiger charge is -2.43. The van der Waals surface area contributed by atoms with Crippen LogP contribution in [0.25, 0.3) is 16.9 Å². The van der Waals surface area contributed by atoms with Crippen LogP contribution in [0.1, 0.15) is 23.3 Å². The number of hydrogen-bond donors (Lipinski definition) is 1. The number of rotatable bonds is 5. The van der Waals surface area contributed by atoms with E-state index in [1.54, 1.807) is 52.3 Å². The minimum atomic E-state index is -4.80.